The lowest BCUT2D eigenvalue weighted by Crippen LogP contribution is -2.32. The molecule has 6 heteroatoms. The van der Waals surface area contributed by atoms with E-state index in [2.05, 4.69) is 5.73 Å². The number of nitrogens with two attached hydrogens (primary N) is 1. The fourth-order valence-electron chi connectivity index (χ4n) is 0.275. The number of imide groups is 1. The number of hydrogen-bond acceptors (Lipinski definition) is 4. The van der Waals surface area contributed by atoms with Crippen molar-refractivity contribution in [1.29, 1.82) is 0 Å². The molecule has 0 rings (SSSR count). The van der Waals surface area contributed by atoms with Gasteiger partial charge >= 0.3 is 6.03 Å². The van der Waals surface area contributed by atoms with Gasteiger partial charge in [0.2, 0.25) is 0 Å². The molecular formula is C4H8N2O3S. The Balaban J connectivity index is 3.35. The van der Waals surface area contributed by atoms with Gasteiger partial charge in [-0.25, -0.2) is 4.79 Å². The first-order valence-corrected chi connectivity index (χ1v) is 3.49. The Bertz CT molecular complexity index is 138. The van der Waals surface area contributed by atoms with Crippen LogP contribution in [0.4, 0.5) is 9.59 Å². The number of aliphatic hydroxyl groups is 1. The molecule has 4 N–H and O–H groups in total. The summed E-state index contributed by atoms with van der Waals surface area (Å²) in [4.78, 5) is 20.4. The van der Waals surface area contributed by atoms with Crippen LogP contribution in [0, 0.1) is 0 Å². The fraction of sp³-hybridized carbons (Fsp3) is 0.500. The number of rotatable bonds is 2. The van der Waals surface area contributed by atoms with E-state index in [1.54, 1.807) is 0 Å². The summed E-state index contributed by atoms with van der Waals surface area (Å²) in [6.45, 7) is -0.100. The molecule has 58 valence electrons. The molecule has 0 aliphatic rings. The topological polar surface area (TPSA) is 92.4 Å². The van der Waals surface area contributed by atoms with Crippen molar-refractivity contribution < 1.29 is 14.7 Å². The van der Waals surface area contributed by atoms with Gasteiger partial charge in [-0.15, -0.1) is 0 Å². The summed E-state index contributed by atoms with van der Waals surface area (Å²) in [6.07, 6.45) is 0. The Kier molecular flexibility index (Phi) is 4.69. The van der Waals surface area contributed by atoms with Crippen LogP contribution in [0.15, 0.2) is 0 Å². The van der Waals surface area contributed by atoms with Crippen LogP contribution in [0.1, 0.15) is 0 Å². The number of urea groups is 1. The molecule has 0 saturated heterocycles. The third kappa shape index (κ3) is 5.39. The Morgan fingerprint density at radius 3 is 2.60 bits per heavy atom. The second-order valence-electron chi connectivity index (χ2n) is 1.35. The number of thioether (sulfide) groups is 1. The zero-order valence-corrected chi connectivity index (χ0v) is 5.98. The van der Waals surface area contributed by atoms with E-state index in [9.17, 15) is 9.59 Å². The van der Waals surface area contributed by atoms with Gasteiger partial charge in [-0.3, -0.25) is 10.1 Å². The second-order valence-corrected chi connectivity index (χ2v) is 2.42. The smallest absolute Gasteiger partial charge is 0.319 e. The molecule has 10 heavy (non-hydrogen) atoms. The van der Waals surface area contributed by atoms with Crippen LogP contribution in [0.25, 0.3) is 0 Å². The summed E-state index contributed by atoms with van der Waals surface area (Å²) in [5, 5.41) is 9.52. The molecule has 0 aromatic heterocycles. The molecule has 0 spiro atoms. The lowest BCUT2D eigenvalue weighted by atomic mass is 10.9. The van der Waals surface area contributed by atoms with E-state index in [0.29, 0.717) is 0 Å². The molecule has 0 radical (unpaired) electrons. The lowest BCUT2D eigenvalue weighted by molar-refractivity contribution is 0.242. The minimum atomic E-state index is -0.879. The highest BCUT2D eigenvalue weighted by Gasteiger charge is 2.02. The molecule has 0 aromatic carbocycles. The van der Waals surface area contributed by atoms with Gasteiger partial charge in [0.1, 0.15) is 0 Å². The highest BCUT2D eigenvalue weighted by atomic mass is 32.2. The Morgan fingerprint density at radius 2 is 2.20 bits per heavy atom. The molecule has 0 atom stereocenters. The number of carbonyl (C=O) groups is 2. The van der Waals surface area contributed by atoms with Crippen LogP contribution in [0.2, 0.25) is 0 Å². The van der Waals surface area contributed by atoms with Crippen LogP contribution < -0.4 is 11.1 Å². The van der Waals surface area contributed by atoms with Gasteiger partial charge in [0.25, 0.3) is 5.24 Å². The SMILES string of the molecule is NC(=O)NC(=O)SCCO. The van der Waals surface area contributed by atoms with Crippen LogP contribution in [0.3, 0.4) is 0 Å². The van der Waals surface area contributed by atoms with Gasteiger partial charge in [-0.1, -0.05) is 11.8 Å². The number of amides is 3. The first-order chi connectivity index (χ1) is 4.66. The zero-order chi connectivity index (χ0) is 7.98. The minimum absolute atomic E-state index is 0.100. The maximum Gasteiger partial charge on any atom is 0.319 e. The quantitative estimate of drug-likeness (QED) is 0.513. The minimum Gasteiger partial charge on any atom is -0.396 e. The Morgan fingerprint density at radius 1 is 1.60 bits per heavy atom. The van der Waals surface area contributed by atoms with Crippen molar-refractivity contribution in [1.82, 2.24) is 5.32 Å². The monoisotopic (exact) mass is 164 g/mol. The van der Waals surface area contributed by atoms with Gasteiger partial charge in [0.05, 0.1) is 6.61 Å². The number of carbonyl (C=O) groups excluding carboxylic acids is 2. The first-order valence-electron chi connectivity index (χ1n) is 2.51. The van der Waals surface area contributed by atoms with Gasteiger partial charge < -0.3 is 10.8 Å². The highest BCUT2D eigenvalue weighted by Crippen LogP contribution is 1.98. The van der Waals surface area contributed by atoms with Crippen molar-refractivity contribution >= 4 is 23.0 Å². The van der Waals surface area contributed by atoms with E-state index in [-0.39, 0.29) is 12.4 Å². The van der Waals surface area contributed by atoms with Crippen LogP contribution in [-0.2, 0) is 0 Å². The maximum absolute atomic E-state index is 10.5. The largest absolute Gasteiger partial charge is 0.396 e. The summed E-state index contributed by atoms with van der Waals surface area (Å²) in [6, 6.07) is -0.879. The molecule has 0 fully saturated rings. The van der Waals surface area contributed by atoms with Crippen molar-refractivity contribution in [2.45, 2.75) is 0 Å². The zero-order valence-electron chi connectivity index (χ0n) is 5.16. The van der Waals surface area contributed by atoms with Gasteiger partial charge in [0, 0.05) is 5.75 Å². The Hall–Kier alpha value is -0.750. The first kappa shape index (κ1) is 9.25. The van der Waals surface area contributed by atoms with Crippen LogP contribution >= 0.6 is 11.8 Å². The van der Waals surface area contributed by atoms with Gasteiger partial charge in [0.15, 0.2) is 0 Å². The van der Waals surface area contributed by atoms with E-state index >= 15 is 0 Å². The van der Waals surface area contributed by atoms with Crippen molar-refractivity contribution in [3.63, 3.8) is 0 Å². The predicted molar refractivity (Wildman–Crippen MR) is 37.7 cm³/mol. The standard InChI is InChI=1S/C4H8N2O3S/c5-3(8)6-4(9)10-2-1-7/h7H,1-2H2,(H3,5,6,8,9). The molecule has 0 aromatic rings. The van der Waals surface area contributed by atoms with E-state index in [1.165, 1.54) is 0 Å². The van der Waals surface area contributed by atoms with Gasteiger partial charge in [-0.05, 0) is 0 Å². The Labute approximate surface area is 62.0 Å². The lowest BCUT2D eigenvalue weighted by Gasteiger charge is -1.96. The molecule has 0 aliphatic carbocycles. The molecular weight excluding hydrogens is 156 g/mol. The number of aliphatic hydroxyl groups excluding tert-OH is 1. The van der Waals surface area contributed by atoms with Crippen molar-refractivity contribution in [2.75, 3.05) is 12.4 Å². The number of primary amides is 1. The summed E-state index contributed by atoms with van der Waals surface area (Å²) < 4.78 is 0. The van der Waals surface area contributed by atoms with Crippen molar-refractivity contribution in [2.24, 2.45) is 5.73 Å². The molecule has 0 heterocycles. The maximum atomic E-state index is 10.5. The molecule has 5 nitrogen and oxygen atoms in total. The average molecular weight is 164 g/mol. The van der Waals surface area contributed by atoms with Gasteiger partial charge in [-0.2, -0.15) is 0 Å². The summed E-state index contributed by atoms with van der Waals surface area (Å²) in [7, 11) is 0. The van der Waals surface area contributed by atoms with Crippen LogP contribution in [0.5, 0.6) is 0 Å². The van der Waals surface area contributed by atoms with E-state index in [0.717, 1.165) is 11.8 Å². The molecule has 0 bridgehead atoms. The second kappa shape index (κ2) is 5.07. The average Bonchev–Trinajstić information content (AvgIpc) is 1.82. The van der Waals surface area contributed by atoms with E-state index in [4.69, 9.17) is 5.11 Å². The molecule has 0 saturated carbocycles. The highest BCUT2D eigenvalue weighted by molar-refractivity contribution is 8.13. The summed E-state index contributed by atoms with van der Waals surface area (Å²) in [5.41, 5.74) is 4.62. The van der Waals surface area contributed by atoms with Crippen molar-refractivity contribution in [3.05, 3.63) is 0 Å². The summed E-state index contributed by atoms with van der Waals surface area (Å²) >= 11 is 0.804. The van der Waals surface area contributed by atoms with Crippen LogP contribution in [-0.4, -0.2) is 28.7 Å². The summed E-state index contributed by atoms with van der Waals surface area (Å²) in [5.74, 6) is 0.263. The molecule has 3 amide bonds. The number of hydrogen-bond donors (Lipinski definition) is 3. The predicted octanol–water partition coefficient (Wildman–Crippen LogP) is -0.500. The van der Waals surface area contributed by atoms with E-state index in [1.807, 2.05) is 5.32 Å². The normalized spacial score (nSPS) is 8.90. The number of nitrogens with one attached hydrogen (secondary N) is 1. The third-order valence-electron chi connectivity index (χ3n) is 0.550. The van der Waals surface area contributed by atoms with E-state index < -0.39 is 11.3 Å². The van der Waals surface area contributed by atoms with Crippen molar-refractivity contribution in [3.8, 4) is 0 Å². The molecule has 0 unspecified atom stereocenters. The fourth-order valence-corrected chi connectivity index (χ4v) is 0.724. The third-order valence-corrected chi connectivity index (χ3v) is 1.30. The molecule has 0 aliphatic heterocycles.